The van der Waals surface area contributed by atoms with Crippen LogP contribution in [0.4, 0.5) is 0 Å². The van der Waals surface area contributed by atoms with E-state index >= 15 is 0 Å². The lowest BCUT2D eigenvalue weighted by Gasteiger charge is -2.11. The molecule has 3 rings (SSSR count). The van der Waals surface area contributed by atoms with E-state index in [0.29, 0.717) is 5.75 Å². The summed E-state index contributed by atoms with van der Waals surface area (Å²) in [5.41, 5.74) is 3.08. The number of aryl methyl sites for hydroxylation is 1. The van der Waals surface area contributed by atoms with Crippen molar-refractivity contribution >= 4 is 42.6 Å². The molecule has 1 amide bonds. The normalized spacial score (nSPS) is 11.3. The quantitative estimate of drug-likeness (QED) is 0.566. The molecule has 0 aromatic heterocycles. The first kappa shape index (κ1) is 19.3. The van der Waals surface area contributed by atoms with E-state index in [1.165, 1.54) is 12.1 Å². The van der Waals surface area contributed by atoms with Gasteiger partial charge in [-0.3, -0.25) is 10.2 Å². The molecule has 0 spiro atoms. The minimum atomic E-state index is -3.84. The number of hydrogen-bond donors (Lipinski definition) is 2. The van der Waals surface area contributed by atoms with Gasteiger partial charge in [0.05, 0.1) is 9.37 Å². The zero-order valence-corrected chi connectivity index (χ0v) is 16.8. The van der Waals surface area contributed by atoms with E-state index in [0.717, 1.165) is 20.8 Å². The van der Waals surface area contributed by atoms with Gasteiger partial charge in [0, 0.05) is 0 Å². The van der Waals surface area contributed by atoms with Crippen molar-refractivity contribution in [2.45, 2.75) is 11.8 Å². The maximum absolute atomic E-state index is 12.1. The van der Waals surface area contributed by atoms with E-state index in [1.807, 2.05) is 37.3 Å². The van der Waals surface area contributed by atoms with Crippen molar-refractivity contribution in [1.82, 2.24) is 10.3 Å². The Labute approximate surface area is 165 Å². The average molecular weight is 449 g/mol. The van der Waals surface area contributed by atoms with Gasteiger partial charge in [0.15, 0.2) is 6.61 Å². The summed E-state index contributed by atoms with van der Waals surface area (Å²) in [6, 6.07) is 17.7. The Morgan fingerprint density at radius 3 is 2.48 bits per heavy atom. The Bertz CT molecular complexity index is 1080. The second-order valence-electron chi connectivity index (χ2n) is 5.85. The lowest BCUT2D eigenvalue weighted by atomic mass is 10.1. The van der Waals surface area contributed by atoms with Crippen LogP contribution in [0.3, 0.4) is 0 Å². The molecule has 0 bridgehead atoms. The summed E-state index contributed by atoms with van der Waals surface area (Å²) in [6.45, 7) is 1.52. The predicted molar refractivity (Wildman–Crippen MR) is 107 cm³/mol. The number of halogens is 1. The zero-order chi connectivity index (χ0) is 19.4. The molecule has 3 aromatic carbocycles. The molecule has 0 aliphatic rings. The number of nitrogens with one attached hydrogen (secondary N) is 2. The topological polar surface area (TPSA) is 84.5 Å². The van der Waals surface area contributed by atoms with Crippen molar-refractivity contribution in [2.75, 3.05) is 6.61 Å². The van der Waals surface area contributed by atoms with Crippen molar-refractivity contribution in [3.8, 4) is 5.75 Å². The SMILES string of the molecule is Cc1ccc(S(=O)(=O)NNC(=O)COc2ccc3ccccc3c2Br)cc1. The molecule has 27 heavy (non-hydrogen) atoms. The monoisotopic (exact) mass is 448 g/mol. The third kappa shape index (κ3) is 4.65. The number of hydrazine groups is 1. The summed E-state index contributed by atoms with van der Waals surface area (Å²) in [7, 11) is -3.84. The molecule has 0 saturated carbocycles. The van der Waals surface area contributed by atoms with Crippen LogP contribution >= 0.6 is 15.9 Å². The van der Waals surface area contributed by atoms with E-state index < -0.39 is 15.9 Å². The summed E-state index contributed by atoms with van der Waals surface area (Å²) < 4.78 is 30.5. The van der Waals surface area contributed by atoms with Gasteiger partial charge in [0.2, 0.25) is 0 Å². The lowest BCUT2D eigenvalue weighted by molar-refractivity contribution is -0.123. The number of fused-ring (bicyclic) bond motifs is 1. The average Bonchev–Trinajstić information content (AvgIpc) is 2.66. The third-order valence-electron chi connectivity index (χ3n) is 3.84. The van der Waals surface area contributed by atoms with Crippen molar-refractivity contribution in [3.63, 3.8) is 0 Å². The number of carbonyl (C=O) groups is 1. The summed E-state index contributed by atoms with van der Waals surface area (Å²) in [4.78, 5) is 14.1. The van der Waals surface area contributed by atoms with Crippen LogP contribution in [-0.4, -0.2) is 20.9 Å². The van der Waals surface area contributed by atoms with Gasteiger partial charge in [0.1, 0.15) is 5.75 Å². The number of ether oxygens (including phenoxy) is 1. The molecule has 0 heterocycles. The highest BCUT2D eigenvalue weighted by molar-refractivity contribution is 9.10. The fourth-order valence-corrected chi connectivity index (χ4v) is 3.87. The van der Waals surface area contributed by atoms with Gasteiger partial charge in [0.25, 0.3) is 15.9 Å². The third-order valence-corrected chi connectivity index (χ3v) is 5.92. The predicted octanol–water partition coefficient (Wildman–Crippen LogP) is 3.30. The van der Waals surface area contributed by atoms with E-state index in [9.17, 15) is 13.2 Å². The molecule has 3 aromatic rings. The summed E-state index contributed by atoms with van der Waals surface area (Å²) in [5.74, 6) is -0.129. The molecule has 0 aliphatic heterocycles. The minimum absolute atomic E-state index is 0.0617. The summed E-state index contributed by atoms with van der Waals surface area (Å²) >= 11 is 3.47. The van der Waals surface area contributed by atoms with Crippen molar-refractivity contribution in [3.05, 3.63) is 70.7 Å². The number of benzene rings is 3. The second kappa shape index (κ2) is 8.08. The van der Waals surface area contributed by atoms with Crippen LogP contribution in [-0.2, 0) is 14.8 Å². The number of carbonyl (C=O) groups excluding carboxylic acids is 1. The Balaban J connectivity index is 1.60. The van der Waals surface area contributed by atoms with Crippen molar-refractivity contribution in [1.29, 1.82) is 0 Å². The molecule has 8 heteroatoms. The molecular formula is C19H17BrN2O4S. The molecule has 0 atom stereocenters. The molecule has 0 fully saturated rings. The largest absolute Gasteiger partial charge is 0.483 e. The van der Waals surface area contributed by atoms with Crippen LogP contribution in [0.5, 0.6) is 5.75 Å². The zero-order valence-electron chi connectivity index (χ0n) is 14.4. The van der Waals surface area contributed by atoms with Crippen LogP contribution in [0.2, 0.25) is 0 Å². The molecular weight excluding hydrogens is 432 g/mol. The molecule has 0 saturated heterocycles. The Morgan fingerprint density at radius 2 is 1.74 bits per heavy atom. The summed E-state index contributed by atoms with van der Waals surface area (Å²) in [5, 5.41) is 1.99. The van der Waals surface area contributed by atoms with Crippen LogP contribution in [0.25, 0.3) is 10.8 Å². The smallest absolute Gasteiger partial charge is 0.272 e. The maximum atomic E-state index is 12.1. The molecule has 2 N–H and O–H groups in total. The molecule has 6 nitrogen and oxygen atoms in total. The summed E-state index contributed by atoms with van der Waals surface area (Å²) in [6.07, 6.45) is 0. The number of sulfonamides is 1. The fraction of sp³-hybridized carbons (Fsp3) is 0.105. The molecule has 0 aliphatic carbocycles. The highest BCUT2D eigenvalue weighted by atomic mass is 79.9. The first-order chi connectivity index (χ1) is 12.9. The number of rotatable bonds is 6. The Morgan fingerprint density at radius 1 is 1.04 bits per heavy atom. The van der Waals surface area contributed by atoms with E-state index in [4.69, 9.17) is 4.74 Å². The molecule has 140 valence electrons. The second-order valence-corrected chi connectivity index (χ2v) is 8.33. The highest BCUT2D eigenvalue weighted by Crippen LogP contribution is 2.32. The minimum Gasteiger partial charge on any atom is -0.483 e. The van der Waals surface area contributed by atoms with Crippen LogP contribution in [0.15, 0.2) is 70.0 Å². The highest BCUT2D eigenvalue weighted by Gasteiger charge is 2.15. The maximum Gasteiger partial charge on any atom is 0.272 e. The lowest BCUT2D eigenvalue weighted by Crippen LogP contribution is -2.43. The Hall–Kier alpha value is -2.42. The number of amides is 1. The standard InChI is InChI=1S/C19H17BrN2O4S/c1-13-6-9-15(10-7-13)27(24,25)22-21-18(23)12-26-17-11-8-14-4-2-3-5-16(14)19(17)20/h2-11,22H,12H2,1H3,(H,21,23). The van der Waals surface area contributed by atoms with E-state index in [-0.39, 0.29) is 11.5 Å². The number of hydrogen-bond acceptors (Lipinski definition) is 4. The van der Waals surface area contributed by atoms with Gasteiger partial charge >= 0.3 is 0 Å². The van der Waals surface area contributed by atoms with Crippen LogP contribution in [0, 0.1) is 6.92 Å². The van der Waals surface area contributed by atoms with Gasteiger partial charge in [-0.1, -0.05) is 48.0 Å². The van der Waals surface area contributed by atoms with Gasteiger partial charge < -0.3 is 4.74 Å². The van der Waals surface area contributed by atoms with Crippen LogP contribution < -0.4 is 15.0 Å². The first-order valence-electron chi connectivity index (χ1n) is 8.04. The Kier molecular flexibility index (Phi) is 5.79. The van der Waals surface area contributed by atoms with Gasteiger partial charge in [-0.05, 0) is 51.8 Å². The fourth-order valence-electron chi connectivity index (χ4n) is 2.40. The van der Waals surface area contributed by atoms with Gasteiger partial charge in [-0.15, -0.1) is 4.83 Å². The van der Waals surface area contributed by atoms with E-state index in [2.05, 4.69) is 26.2 Å². The van der Waals surface area contributed by atoms with Crippen LogP contribution in [0.1, 0.15) is 5.56 Å². The van der Waals surface area contributed by atoms with Crippen molar-refractivity contribution < 1.29 is 17.9 Å². The first-order valence-corrected chi connectivity index (χ1v) is 10.3. The van der Waals surface area contributed by atoms with E-state index in [1.54, 1.807) is 18.2 Å². The van der Waals surface area contributed by atoms with Crippen molar-refractivity contribution in [2.24, 2.45) is 0 Å². The van der Waals surface area contributed by atoms with Gasteiger partial charge in [-0.2, -0.15) is 0 Å². The van der Waals surface area contributed by atoms with Gasteiger partial charge in [-0.25, -0.2) is 8.42 Å². The molecule has 0 radical (unpaired) electrons. The molecule has 0 unspecified atom stereocenters.